The molecule has 0 radical (unpaired) electrons. The van der Waals surface area contributed by atoms with Gasteiger partial charge in [0, 0.05) is 6.20 Å². The fourth-order valence-electron chi connectivity index (χ4n) is 1.38. The van der Waals surface area contributed by atoms with Crippen LogP contribution in [0.3, 0.4) is 0 Å². The van der Waals surface area contributed by atoms with Crippen LogP contribution in [0.5, 0.6) is 0 Å². The molecule has 0 aliphatic carbocycles. The van der Waals surface area contributed by atoms with Crippen LogP contribution in [0.15, 0.2) is 30.9 Å². The van der Waals surface area contributed by atoms with Gasteiger partial charge in [-0.3, -0.25) is 0 Å². The lowest BCUT2D eigenvalue weighted by atomic mass is 10.2. The van der Waals surface area contributed by atoms with Crippen molar-refractivity contribution in [2.24, 2.45) is 0 Å². The van der Waals surface area contributed by atoms with E-state index in [9.17, 15) is 0 Å². The van der Waals surface area contributed by atoms with Gasteiger partial charge in [0.15, 0.2) is 0 Å². The van der Waals surface area contributed by atoms with Crippen LogP contribution in [0.1, 0.15) is 5.56 Å². The van der Waals surface area contributed by atoms with Crippen molar-refractivity contribution in [1.82, 2.24) is 14.7 Å². The molecule has 2 aromatic rings. The number of fused-ring (bicyclic) bond motifs is 1. The van der Waals surface area contributed by atoms with Crippen molar-refractivity contribution in [3.63, 3.8) is 0 Å². The number of hydrogen-bond donors (Lipinski definition) is 1. The van der Waals surface area contributed by atoms with Gasteiger partial charge in [-0.25, -0.2) is 4.98 Å². The Balaban J connectivity index is 2.26. The summed E-state index contributed by atoms with van der Waals surface area (Å²) in [5.74, 6) is 0. The van der Waals surface area contributed by atoms with Gasteiger partial charge in [-0.1, -0.05) is 6.07 Å². The van der Waals surface area contributed by atoms with Gasteiger partial charge >= 0.3 is 0 Å². The minimum Gasteiger partial charge on any atom is -0.319 e. The highest BCUT2D eigenvalue weighted by Gasteiger charge is 1.95. The minimum absolute atomic E-state index is 1.01. The van der Waals surface area contributed by atoms with Gasteiger partial charge in [-0.15, -0.1) is 0 Å². The van der Waals surface area contributed by atoms with Crippen LogP contribution in [0.4, 0.5) is 0 Å². The van der Waals surface area contributed by atoms with E-state index in [1.807, 2.05) is 24.0 Å². The predicted molar refractivity (Wildman–Crippen MR) is 52.8 cm³/mol. The molecule has 0 aromatic carbocycles. The third-order valence-electron chi connectivity index (χ3n) is 2.13. The Morgan fingerprint density at radius 1 is 1.46 bits per heavy atom. The second-order valence-electron chi connectivity index (χ2n) is 3.12. The molecule has 68 valence electrons. The highest BCUT2D eigenvalue weighted by atomic mass is 15.0. The molecule has 3 heteroatoms. The molecule has 0 unspecified atom stereocenters. The summed E-state index contributed by atoms with van der Waals surface area (Å²) >= 11 is 0. The van der Waals surface area contributed by atoms with Crippen molar-refractivity contribution >= 4 is 5.52 Å². The second kappa shape index (κ2) is 3.58. The van der Waals surface area contributed by atoms with E-state index in [1.165, 1.54) is 5.56 Å². The number of imidazole rings is 1. The Hall–Kier alpha value is -1.35. The molecular weight excluding hydrogens is 162 g/mol. The Bertz CT molecular complexity index is 392. The Morgan fingerprint density at radius 3 is 3.23 bits per heavy atom. The van der Waals surface area contributed by atoms with Gasteiger partial charge in [0.1, 0.15) is 0 Å². The molecule has 2 heterocycles. The van der Waals surface area contributed by atoms with Crippen LogP contribution in [0.2, 0.25) is 0 Å². The average molecular weight is 175 g/mol. The fraction of sp³-hybridized carbons (Fsp3) is 0.300. The molecule has 0 fully saturated rings. The van der Waals surface area contributed by atoms with Crippen LogP contribution in [-0.4, -0.2) is 23.0 Å². The third-order valence-corrected chi connectivity index (χ3v) is 2.13. The molecule has 13 heavy (non-hydrogen) atoms. The van der Waals surface area contributed by atoms with Crippen LogP contribution in [-0.2, 0) is 6.42 Å². The van der Waals surface area contributed by atoms with Gasteiger partial charge in [-0.2, -0.15) is 0 Å². The predicted octanol–water partition coefficient (Wildman–Crippen LogP) is 1.10. The lowest BCUT2D eigenvalue weighted by Gasteiger charge is -2.01. The summed E-state index contributed by atoms with van der Waals surface area (Å²) in [6.07, 6.45) is 6.88. The summed E-state index contributed by atoms with van der Waals surface area (Å²) < 4.78 is 2.05. The van der Waals surface area contributed by atoms with Crippen molar-refractivity contribution in [2.75, 3.05) is 13.6 Å². The summed E-state index contributed by atoms with van der Waals surface area (Å²) in [6.45, 7) is 1.01. The first kappa shape index (κ1) is 8.26. The molecule has 0 spiro atoms. The summed E-state index contributed by atoms with van der Waals surface area (Å²) in [4.78, 5) is 4.07. The van der Waals surface area contributed by atoms with Crippen LogP contribution >= 0.6 is 0 Å². The maximum Gasteiger partial charge on any atom is 0.0992 e. The molecular formula is C10H13N3. The standard InChI is InChI=1S/C10H13N3/c1-11-5-4-9-2-3-10-6-12-8-13(10)7-9/h2-3,6-8,11H,4-5H2,1H3. The number of nitrogens with zero attached hydrogens (tertiary/aromatic N) is 2. The molecule has 0 bridgehead atoms. The topological polar surface area (TPSA) is 29.3 Å². The summed E-state index contributed by atoms with van der Waals surface area (Å²) in [5, 5.41) is 3.13. The maximum absolute atomic E-state index is 4.07. The van der Waals surface area contributed by atoms with E-state index in [2.05, 4.69) is 28.6 Å². The molecule has 3 nitrogen and oxygen atoms in total. The number of pyridine rings is 1. The number of nitrogens with one attached hydrogen (secondary N) is 1. The first-order valence-electron chi connectivity index (χ1n) is 4.45. The van der Waals surface area contributed by atoms with E-state index in [-0.39, 0.29) is 0 Å². The molecule has 0 amide bonds. The van der Waals surface area contributed by atoms with Crippen molar-refractivity contribution in [3.05, 3.63) is 36.4 Å². The number of rotatable bonds is 3. The van der Waals surface area contributed by atoms with Gasteiger partial charge in [0.05, 0.1) is 18.0 Å². The van der Waals surface area contributed by atoms with Gasteiger partial charge < -0.3 is 9.72 Å². The SMILES string of the molecule is CNCCc1ccc2cncn2c1. The second-order valence-corrected chi connectivity index (χ2v) is 3.12. The molecule has 0 saturated heterocycles. The highest BCUT2D eigenvalue weighted by Crippen LogP contribution is 2.05. The average Bonchev–Trinajstić information content (AvgIpc) is 2.61. The van der Waals surface area contributed by atoms with Crippen molar-refractivity contribution in [1.29, 1.82) is 0 Å². The molecule has 0 aliphatic heterocycles. The quantitative estimate of drug-likeness (QED) is 0.756. The fourth-order valence-corrected chi connectivity index (χ4v) is 1.38. The van der Waals surface area contributed by atoms with Crippen LogP contribution < -0.4 is 5.32 Å². The van der Waals surface area contributed by atoms with Crippen LogP contribution in [0, 0.1) is 0 Å². The first-order chi connectivity index (χ1) is 6.40. The zero-order valence-corrected chi connectivity index (χ0v) is 7.70. The van der Waals surface area contributed by atoms with Crippen molar-refractivity contribution < 1.29 is 0 Å². The van der Waals surface area contributed by atoms with Gasteiger partial charge in [0.2, 0.25) is 0 Å². The molecule has 0 atom stereocenters. The number of hydrogen-bond acceptors (Lipinski definition) is 2. The summed E-state index contributed by atoms with van der Waals surface area (Å²) in [5.41, 5.74) is 2.48. The third kappa shape index (κ3) is 1.70. The Labute approximate surface area is 77.4 Å². The number of likely N-dealkylation sites (N-methyl/N-ethyl adjacent to an activating group) is 1. The molecule has 1 N–H and O–H groups in total. The minimum atomic E-state index is 1.01. The van der Waals surface area contributed by atoms with Gasteiger partial charge in [-0.05, 0) is 31.6 Å². The lowest BCUT2D eigenvalue weighted by Crippen LogP contribution is -2.10. The first-order valence-corrected chi connectivity index (χ1v) is 4.45. The lowest BCUT2D eigenvalue weighted by molar-refractivity contribution is 0.788. The van der Waals surface area contributed by atoms with Crippen molar-refractivity contribution in [3.8, 4) is 0 Å². The zero-order chi connectivity index (χ0) is 9.10. The van der Waals surface area contributed by atoms with Crippen molar-refractivity contribution in [2.45, 2.75) is 6.42 Å². The summed E-state index contributed by atoms with van der Waals surface area (Å²) in [7, 11) is 1.97. The van der Waals surface area contributed by atoms with E-state index >= 15 is 0 Å². The molecule has 2 rings (SSSR count). The highest BCUT2D eigenvalue weighted by molar-refractivity contribution is 5.45. The molecule has 2 aromatic heterocycles. The van der Waals surface area contributed by atoms with E-state index in [1.54, 1.807) is 0 Å². The molecule has 0 saturated carbocycles. The Morgan fingerprint density at radius 2 is 2.38 bits per heavy atom. The van der Waals surface area contributed by atoms with Gasteiger partial charge in [0.25, 0.3) is 0 Å². The smallest absolute Gasteiger partial charge is 0.0992 e. The van der Waals surface area contributed by atoms with E-state index < -0.39 is 0 Å². The number of aromatic nitrogens is 2. The Kier molecular flexibility index (Phi) is 2.27. The molecule has 0 aliphatic rings. The van der Waals surface area contributed by atoms with E-state index in [0.717, 1.165) is 18.5 Å². The van der Waals surface area contributed by atoms with E-state index in [0.29, 0.717) is 0 Å². The monoisotopic (exact) mass is 175 g/mol. The summed E-state index contributed by atoms with van der Waals surface area (Å²) in [6, 6.07) is 4.24. The van der Waals surface area contributed by atoms with Crippen LogP contribution in [0.25, 0.3) is 5.52 Å². The normalized spacial score (nSPS) is 10.8. The zero-order valence-electron chi connectivity index (χ0n) is 7.70. The maximum atomic E-state index is 4.07. The van der Waals surface area contributed by atoms with E-state index in [4.69, 9.17) is 0 Å². The largest absolute Gasteiger partial charge is 0.319 e.